The molecule has 0 atom stereocenters. The molecule has 0 saturated carbocycles. The molecule has 0 amide bonds. The Balaban J connectivity index is 1.67. The molecule has 0 N–H and O–H groups in total. The molecule has 3 nitrogen and oxygen atoms in total. The summed E-state index contributed by atoms with van der Waals surface area (Å²) in [5.74, 6) is 0. The van der Waals surface area contributed by atoms with E-state index in [1.807, 2.05) is 0 Å². The Morgan fingerprint density at radius 2 is 1.06 bits per heavy atom. The van der Waals surface area contributed by atoms with Crippen LogP contribution in [-0.2, 0) is 0 Å². The molecule has 0 saturated heterocycles. The molecule has 0 radical (unpaired) electrons. The highest BCUT2D eigenvalue weighted by atomic mass is 15.0. The van der Waals surface area contributed by atoms with Crippen LogP contribution in [0.3, 0.4) is 0 Å². The number of para-hydroxylation sites is 4. The van der Waals surface area contributed by atoms with E-state index >= 15 is 0 Å². The van der Waals surface area contributed by atoms with Crippen molar-refractivity contribution in [2.75, 3.05) is 0 Å². The molecule has 0 unspecified atom stereocenters. The second-order valence-electron chi connectivity index (χ2n) is 9.24. The molecule has 0 aliphatic carbocycles. The highest BCUT2D eigenvalue weighted by molar-refractivity contribution is 6.28. The molecule has 0 fully saturated rings. The summed E-state index contributed by atoms with van der Waals surface area (Å²) in [6.45, 7) is 2.28. The zero-order valence-electron chi connectivity index (χ0n) is 17.9. The zero-order chi connectivity index (χ0) is 21.4. The zero-order valence-corrected chi connectivity index (χ0v) is 17.9. The number of aryl methyl sites for hydroxylation is 1. The van der Waals surface area contributed by atoms with Crippen LogP contribution in [0, 0.1) is 6.92 Å². The van der Waals surface area contributed by atoms with Crippen LogP contribution < -0.4 is 0 Å². The Morgan fingerprint density at radius 3 is 1.79 bits per heavy atom. The monoisotopic (exact) mass is 419 g/mol. The van der Waals surface area contributed by atoms with Crippen molar-refractivity contribution in [3.63, 3.8) is 0 Å². The summed E-state index contributed by atoms with van der Waals surface area (Å²) in [7, 11) is 0. The van der Waals surface area contributed by atoms with E-state index in [9.17, 15) is 0 Å². The molecular formula is C30H17N3. The molecule has 5 aromatic heterocycles. The van der Waals surface area contributed by atoms with Crippen LogP contribution in [-0.4, -0.2) is 13.8 Å². The number of fused-ring (bicyclic) bond motifs is 12. The van der Waals surface area contributed by atoms with Crippen LogP contribution >= 0.6 is 0 Å². The lowest BCUT2D eigenvalue weighted by molar-refractivity contribution is 1.28. The van der Waals surface area contributed by atoms with E-state index in [1.165, 1.54) is 70.9 Å². The van der Waals surface area contributed by atoms with Crippen LogP contribution in [0.5, 0.6) is 0 Å². The van der Waals surface area contributed by atoms with Gasteiger partial charge >= 0.3 is 0 Å². The van der Waals surface area contributed by atoms with E-state index in [2.05, 4.69) is 101 Å². The molecule has 0 aliphatic heterocycles. The molecule has 33 heavy (non-hydrogen) atoms. The fourth-order valence-corrected chi connectivity index (χ4v) is 6.51. The van der Waals surface area contributed by atoms with Gasteiger partial charge in [-0.05, 0) is 24.6 Å². The highest BCUT2D eigenvalue weighted by Gasteiger charge is 2.24. The Labute approximate surface area is 187 Å². The predicted molar refractivity (Wildman–Crippen MR) is 138 cm³/mol. The van der Waals surface area contributed by atoms with Crippen molar-refractivity contribution < 1.29 is 0 Å². The van der Waals surface area contributed by atoms with Gasteiger partial charge in [-0.1, -0.05) is 72.8 Å². The van der Waals surface area contributed by atoms with Crippen LogP contribution in [0.25, 0.3) is 76.5 Å². The standard InChI is InChI=1S/C30H17N3/c1-16-25-21-12-6-10-19-18-9-3-5-15-24(18)33(28(19)21)30(25)31-26-22-13-7-11-20-17-8-2-4-14-23(17)32(27(16)26)29(20)22/h2-15H,1H3. The third kappa shape index (κ3) is 1.63. The van der Waals surface area contributed by atoms with Gasteiger partial charge in [-0.15, -0.1) is 0 Å². The lowest BCUT2D eigenvalue weighted by Crippen LogP contribution is -1.90. The van der Waals surface area contributed by atoms with E-state index in [1.54, 1.807) is 0 Å². The molecule has 0 spiro atoms. The molecule has 0 aliphatic rings. The molecule has 152 valence electrons. The first-order valence-electron chi connectivity index (χ1n) is 11.4. The second kappa shape index (κ2) is 5.16. The van der Waals surface area contributed by atoms with Gasteiger partial charge in [0.25, 0.3) is 0 Å². The van der Waals surface area contributed by atoms with Gasteiger partial charge in [0.15, 0.2) is 0 Å². The minimum absolute atomic E-state index is 1.06. The summed E-state index contributed by atoms with van der Waals surface area (Å²) in [4.78, 5) is 5.42. The average Bonchev–Trinajstić information content (AvgIpc) is 3.57. The van der Waals surface area contributed by atoms with Crippen molar-refractivity contribution >= 4 is 76.5 Å². The van der Waals surface area contributed by atoms with Crippen molar-refractivity contribution in [2.24, 2.45) is 0 Å². The lowest BCUT2D eigenvalue weighted by atomic mass is 10.0. The molecule has 5 heterocycles. The fourth-order valence-electron chi connectivity index (χ4n) is 6.51. The smallest absolute Gasteiger partial charge is 0.146 e. The van der Waals surface area contributed by atoms with Crippen LogP contribution in [0.15, 0.2) is 84.9 Å². The maximum atomic E-state index is 5.42. The van der Waals surface area contributed by atoms with Gasteiger partial charge in [0.1, 0.15) is 5.65 Å². The highest BCUT2D eigenvalue weighted by Crippen LogP contribution is 2.44. The molecule has 4 aromatic carbocycles. The second-order valence-corrected chi connectivity index (χ2v) is 9.24. The van der Waals surface area contributed by atoms with Gasteiger partial charge in [0.2, 0.25) is 0 Å². The number of pyridine rings is 1. The quantitative estimate of drug-likeness (QED) is 0.247. The Morgan fingerprint density at radius 1 is 0.515 bits per heavy atom. The first-order valence-corrected chi connectivity index (χ1v) is 11.4. The number of rotatable bonds is 0. The normalized spacial score (nSPS) is 13.0. The molecular weight excluding hydrogens is 402 g/mol. The average molecular weight is 419 g/mol. The Bertz CT molecular complexity index is 2240. The molecule has 9 rings (SSSR count). The molecule has 0 bridgehead atoms. The van der Waals surface area contributed by atoms with E-state index in [4.69, 9.17) is 4.98 Å². The summed E-state index contributed by atoms with van der Waals surface area (Å²) in [5, 5.41) is 8.98. The van der Waals surface area contributed by atoms with Crippen molar-refractivity contribution in [3.8, 4) is 0 Å². The maximum Gasteiger partial charge on any atom is 0.146 e. The largest absolute Gasteiger partial charge is 0.306 e. The SMILES string of the molecule is Cc1c2c3cccc4c5ccccc5n(c2nc2c5cccc6c7ccccc7n(c12)c65)c43. The number of hydrogen-bond donors (Lipinski definition) is 0. The number of benzene rings is 4. The third-order valence-corrected chi connectivity index (χ3v) is 7.75. The van der Waals surface area contributed by atoms with Crippen LogP contribution in [0.1, 0.15) is 5.56 Å². The van der Waals surface area contributed by atoms with Crippen LogP contribution in [0.4, 0.5) is 0 Å². The van der Waals surface area contributed by atoms with Gasteiger partial charge in [-0.3, -0.25) is 4.40 Å². The van der Waals surface area contributed by atoms with E-state index in [0.717, 1.165) is 11.2 Å². The predicted octanol–water partition coefficient (Wildman–Crippen LogP) is 7.69. The van der Waals surface area contributed by atoms with E-state index in [0.29, 0.717) is 0 Å². The van der Waals surface area contributed by atoms with Gasteiger partial charge < -0.3 is 4.40 Å². The first kappa shape index (κ1) is 16.3. The Kier molecular flexibility index (Phi) is 2.55. The fraction of sp³-hybridized carbons (Fsp3) is 0.0333. The number of hydrogen-bond acceptors (Lipinski definition) is 1. The first-order chi connectivity index (χ1) is 16.3. The van der Waals surface area contributed by atoms with E-state index < -0.39 is 0 Å². The van der Waals surface area contributed by atoms with Gasteiger partial charge in [0.05, 0.1) is 33.1 Å². The summed E-state index contributed by atoms with van der Waals surface area (Å²) < 4.78 is 4.83. The van der Waals surface area contributed by atoms with Gasteiger partial charge in [-0.25, -0.2) is 4.98 Å². The lowest BCUT2D eigenvalue weighted by Gasteiger charge is -2.05. The third-order valence-electron chi connectivity index (χ3n) is 7.75. The summed E-state index contributed by atoms with van der Waals surface area (Å²) in [6, 6.07) is 30.8. The van der Waals surface area contributed by atoms with Crippen molar-refractivity contribution in [2.45, 2.75) is 6.92 Å². The molecule has 9 aromatic rings. The summed E-state index contributed by atoms with van der Waals surface area (Å²) >= 11 is 0. The van der Waals surface area contributed by atoms with Crippen molar-refractivity contribution in [1.82, 2.24) is 13.8 Å². The Hall–Kier alpha value is -4.37. The molecule has 3 heteroatoms. The number of aromatic nitrogens is 3. The van der Waals surface area contributed by atoms with Crippen molar-refractivity contribution in [1.29, 1.82) is 0 Å². The maximum absolute atomic E-state index is 5.42. The summed E-state index contributed by atoms with van der Waals surface area (Å²) in [6.07, 6.45) is 0. The van der Waals surface area contributed by atoms with Gasteiger partial charge in [0, 0.05) is 37.7 Å². The minimum Gasteiger partial charge on any atom is -0.306 e. The number of nitrogens with zero attached hydrogens (tertiary/aromatic N) is 3. The topological polar surface area (TPSA) is 21.7 Å². The summed E-state index contributed by atoms with van der Waals surface area (Å²) in [5.41, 5.74) is 9.73. The van der Waals surface area contributed by atoms with Gasteiger partial charge in [-0.2, -0.15) is 0 Å². The van der Waals surface area contributed by atoms with Crippen molar-refractivity contribution in [3.05, 3.63) is 90.5 Å². The van der Waals surface area contributed by atoms with Crippen LogP contribution in [0.2, 0.25) is 0 Å². The van der Waals surface area contributed by atoms with E-state index in [-0.39, 0.29) is 0 Å². The minimum atomic E-state index is 1.06.